The van der Waals surface area contributed by atoms with Crippen LogP contribution in [0, 0.1) is 29.0 Å². The first-order valence-corrected chi connectivity index (χ1v) is 9.69. The Hall–Kier alpha value is -3.35. The lowest BCUT2D eigenvalue weighted by molar-refractivity contribution is -0.141. The molecule has 1 unspecified atom stereocenters. The van der Waals surface area contributed by atoms with Crippen LogP contribution in [0.25, 0.3) is 0 Å². The van der Waals surface area contributed by atoms with Crippen LogP contribution in [0.5, 0.6) is 0 Å². The van der Waals surface area contributed by atoms with Crippen LogP contribution in [0.4, 0.5) is 20.6 Å². The van der Waals surface area contributed by atoms with E-state index in [-0.39, 0.29) is 24.9 Å². The topological polar surface area (TPSA) is 123 Å². The van der Waals surface area contributed by atoms with Gasteiger partial charge in [0.1, 0.15) is 17.8 Å². The van der Waals surface area contributed by atoms with Gasteiger partial charge in [0, 0.05) is 20.0 Å². The molecule has 2 heterocycles. The van der Waals surface area contributed by atoms with E-state index in [0.29, 0.717) is 37.3 Å². The van der Waals surface area contributed by atoms with E-state index in [1.807, 2.05) is 11.0 Å². The Labute approximate surface area is 173 Å². The van der Waals surface area contributed by atoms with Crippen LogP contribution >= 0.6 is 0 Å². The zero-order valence-corrected chi connectivity index (χ0v) is 16.5. The molecule has 0 spiro atoms. The number of carboxylic acid groups (broad SMARTS) is 1. The van der Waals surface area contributed by atoms with Gasteiger partial charge >= 0.3 is 12.1 Å². The maximum Gasteiger partial charge on any atom is 0.414 e. The lowest BCUT2D eigenvalue weighted by atomic mass is 9.85. The molecule has 2 aliphatic rings. The van der Waals surface area contributed by atoms with Crippen molar-refractivity contribution in [1.29, 1.82) is 5.26 Å². The summed E-state index contributed by atoms with van der Waals surface area (Å²) >= 11 is 0. The van der Waals surface area contributed by atoms with Gasteiger partial charge in [-0.15, -0.1) is 0 Å². The first-order valence-electron chi connectivity index (χ1n) is 9.69. The molecule has 0 radical (unpaired) electrons. The smallest absolute Gasteiger partial charge is 0.414 e. The van der Waals surface area contributed by atoms with E-state index in [1.165, 1.54) is 17.9 Å². The third-order valence-electron chi connectivity index (χ3n) is 5.45. The monoisotopic (exact) mass is 418 g/mol. The molecule has 160 valence electrons. The van der Waals surface area contributed by atoms with Crippen molar-refractivity contribution >= 4 is 29.3 Å². The van der Waals surface area contributed by atoms with Crippen LogP contribution in [0.1, 0.15) is 19.8 Å². The van der Waals surface area contributed by atoms with E-state index in [0.717, 1.165) is 0 Å². The third kappa shape index (κ3) is 4.62. The Morgan fingerprint density at radius 2 is 2.10 bits per heavy atom. The summed E-state index contributed by atoms with van der Waals surface area (Å²) in [4.78, 5) is 37.4. The third-order valence-corrected chi connectivity index (χ3v) is 5.45. The van der Waals surface area contributed by atoms with Gasteiger partial charge in [0.25, 0.3) is 0 Å². The lowest BCUT2D eigenvalue weighted by Crippen LogP contribution is -2.38. The molecule has 2 N–H and O–H groups in total. The van der Waals surface area contributed by atoms with E-state index < -0.39 is 29.9 Å². The highest BCUT2D eigenvalue weighted by Crippen LogP contribution is 2.32. The van der Waals surface area contributed by atoms with Crippen molar-refractivity contribution in [2.24, 2.45) is 11.8 Å². The zero-order valence-electron chi connectivity index (χ0n) is 16.5. The number of piperidine rings is 1. The second-order valence-corrected chi connectivity index (χ2v) is 7.46. The summed E-state index contributed by atoms with van der Waals surface area (Å²) in [5.41, 5.74) is 0.722. The molecule has 2 saturated heterocycles. The fourth-order valence-corrected chi connectivity index (χ4v) is 3.85. The lowest BCUT2D eigenvalue weighted by Gasteiger charge is -2.34. The van der Waals surface area contributed by atoms with Gasteiger partial charge in [0.15, 0.2) is 0 Å². The fourth-order valence-electron chi connectivity index (χ4n) is 3.85. The number of hydrogen-bond acceptors (Lipinski definition) is 6. The van der Waals surface area contributed by atoms with Gasteiger partial charge in [-0.05, 0) is 37.0 Å². The second-order valence-electron chi connectivity index (χ2n) is 7.46. The van der Waals surface area contributed by atoms with E-state index >= 15 is 0 Å². The molecule has 0 aromatic heterocycles. The van der Waals surface area contributed by atoms with E-state index in [1.54, 1.807) is 12.1 Å². The Bertz CT molecular complexity index is 878. The molecule has 2 atom stereocenters. The molecule has 30 heavy (non-hydrogen) atoms. The molecular formula is C20H23FN4O5. The van der Waals surface area contributed by atoms with E-state index in [4.69, 9.17) is 15.1 Å². The highest BCUT2D eigenvalue weighted by Gasteiger charge is 2.34. The van der Waals surface area contributed by atoms with Gasteiger partial charge in [-0.1, -0.05) is 0 Å². The molecule has 10 heteroatoms. The molecule has 1 aromatic rings. The predicted molar refractivity (Wildman–Crippen MR) is 104 cm³/mol. The summed E-state index contributed by atoms with van der Waals surface area (Å²) in [7, 11) is 0. The van der Waals surface area contributed by atoms with Gasteiger partial charge in [-0.25, -0.2) is 9.18 Å². The van der Waals surface area contributed by atoms with Crippen LogP contribution in [-0.4, -0.2) is 55.4 Å². The summed E-state index contributed by atoms with van der Waals surface area (Å²) in [6.07, 6.45) is -0.149. The average molecular weight is 418 g/mol. The Morgan fingerprint density at radius 1 is 1.40 bits per heavy atom. The molecule has 2 fully saturated rings. The van der Waals surface area contributed by atoms with Gasteiger partial charge in [0.2, 0.25) is 5.91 Å². The van der Waals surface area contributed by atoms with Crippen LogP contribution in [0.3, 0.4) is 0 Å². The maximum atomic E-state index is 14.8. The van der Waals surface area contributed by atoms with Crippen molar-refractivity contribution in [2.75, 3.05) is 36.0 Å². The minimum atomic E-state index is -1.12. The van der Waals surface area contributed by atoms with Crippen LogP contribution in [0.2, 0.25) is 0 Å². The Kier molecular flexibility index (Phi) is 6.40. The molecule has 3 rings (SSSR count). The summed E-state index contributed by atoms with van der Waals surface area (Å²) in [6.45, 7) is 2.64. The number of carboxylic acids is 1. The minimum absolute atomic E-state index is 0.188. The van der Waals surface area contributed by atoms with E-state index in [2.05, 4.69) is 5.32 Å². The number of rotatable bonds is 6. The Balaban J connectivity index is 1.64. The quantitative estimate of drug-likeness (QED) is 0.721. The molecule has 0 saturated carbocycles. The number of aliphatic carboxylic acids is 1. The number of nitrogens with zero attached hydrogens (tertiary/aromatic N) is 3. The van der Waals surface area contributed by atoms with E-state index in [9.17, 15) is 18.8 Å². The highest BCUT2D eigenvalue weighted by molar-refractivity contribution is 5.90. The second kappa shape index (κ2) is 8.98. The first-order chi connectivity index (χ1) is 14.3. The number of carbonyl (C=O) groups excluding carboxylic acids is 2. The summed E-state index contributed by atoms with van der Waals surface area (Å²) < 4.78 is 20.0. The molecular weight excluding hydrogens is 395 g/mol. The minimum Gasteiger partial charge on any atom is -0.480 e. The van der Waals surface area contributed by atoms with Gasteiger partial charge < -0.3 is 20.1 Å². The average Bonchev–Trinajstić information content (AvgIpc) is 3.08. The molecule has 9 nitrogen and oxygen atoms in total. The SMILES string of the molecule is CC(=O)NC[C@H]1CN(c2ccc(N3CCC(C(C#N)C(=O)O)CC3)c(F)c2)C(=O)O1. The highest BCUT2D eigenvalue weighted by atomic mass is 19.1. The van der Waals surface area contributed by atoms with Crippen molar-refractivity contribution in [2.45, 2.75) is 25.9 Å². The normalized spacial score (nSPS) is 20.4. The number of ether oxygens (including phenoxy) is 1. The standard InChI is InChI=1S/C20H23FN4O5/c1-12(26)23-10-15-11-25(20(29)30-15)14-2-3-18(17(21)8-14)24-6-4-13(5-7-24)16(9-22)19(27)28/h2-3,8,13,15-16H,4-7,10-11H2,1H3,(H,23,26)(H,27,28)/t15-,16?/m0/s1. The molecule has 0 bridgehead atoms. The number of halogens is 1. The fraction of sp³-hybridized carbons (Fsp3) is 0.500. The van der Waals surface area contributed by atoms with Crippen LogP contribution < -0.4 is 15.1 Å². The van der Waals surface area contributed by atoms with Gasteiger partial charge in [-0.2, -0.15) is 5.26 Å². The predicted octanol–water partition coefficient (Wildman–Crippen LogP) is 1.73. The number of benzene rings is 1. The number of nitrogens with one attached hydrogen (secondary N) is 1. The largest absolute Gasteiger partial charge is 0.480 e. The number of carbonyl (C=O) groups is 3. The molecule has 1 aromatic carbocycles. The van der Waals surface area contributed by atoms with Gasteiger partial charge in [-0.3, -0.25) is 14.5 Å². The van der Waals surface area contributed by atoms with Crippen molar-refractivity contribution in [3.05, 3.63) is 24.0 Å². The number of anilines is 2. The van der Waals surface area contributed by atoms with Crippen molar-refractivity contribution in [3.63, 3.8) is 0 Å². The van der Waals surface area contributed by atoms with Crippen molar-refractivity contribution in [1.82, 2.24) is 5.32 Å². The first kappa shape index (κ1) is 21.4. The summed E-state index contributed by atoms with van der Waals surface area (Å²) in [5.74, 6) is -3.16. The van der Waals surface area contributed by atoms with Crippen LogP contribution in [0.15, 0.2) is 18.2 Å². The van der Waals surface area contributed by atoms with Gasteiger partial charge in [0.05, 0.1) is 30.5 Å². The summed E-state index contributed by atoms with van der Waals surface area (Å²) in [6, 6.07) is 6.31. The molecule has 2 amide bonds. The number of hydrogen-bond donors (Lipinski definition) is 2. The zero-order chi connectivity index (χ0) is 21.8. The molecule has 2 aliphatic heterocycles. The number of nitriles is 1. The van der Waals surface area contributed by atoms with Crippen molar-refractivity contribution < 1.29 is 28.6 Å². The van der Waals surface area contributed by atoms with Crippen molar-refractivity contribution in [3.8, 4) is 6.07 Å². The summed E-state index contributed by atoms with van der Waals surface area (Å²) in [5, 5.41) is 20.8. The Morgan fingerprint density at radius 3 is 2.67 bits per heavy atom. The molecule has 0 aliphatic carbocycles. The maximum absolute atomic E-state index is 14.8. The number of cyclic esters (lactones) is 1. The number of amides is 2. The van der Waals surface area contributed by atoms with Crippen LogP contribution in [-0.2, 0) is 14.3 Å².